The maximum atomic E-state index is 12.5. The van der Waals surface area contributed by atoms with Crippen LogP contribution in [-0.2, 0) is 4.79 Å². The normalized spacial score (nSPS) is 19.1. The van der Waals surface area contributed by atoms with E-state index in [0.717, 1.165) is 30.5 Å². The summed E-state index contributed by atoms with van der Waals surface area (Å²) in [4.78, 5) is 27.9. The molecule has 210 valence electrons. The highest BCUT2D eigenvalue weighted by Crippen LogP contribution is 2.40. The third kappa shape index (κ3) is 5.52. The molecule has 0 bridgehead atoms. The van der Waals surface area contributed by atoms with E-state index in [4.69, 9.17) is 15.5 Å². The fourth-order valence-corrected chi connectivity index (χ4v) is 5.90. The first-order valence-corrected chi connectivity index (χ1v) is 13.8. The molecule has 2 unspecified atom stereocenters. The van der Waals surface area contributed by atoms with Crippen molar-refractivity contribution in [1.82, 2.24) is 19.8 Å². The molecule has 3 heterocycles. The third-order valence-electron chi connectivity index (χ3n) is 8.16. The highest BCUT2D eigenvalue weighted by atomic mass is 16.5. The number of piperazine rings is 1. The summed E-state index contributed by atoms with van der Waals surface area (Å²) in [6.45, 7) is 8.39. The maximum Gasteiger partial charge on any atom is 0.316 e. The fraction of sp³-hybridized carbons (Fsp3) is 0.387. The molecule has 5 rings (SSSR count). The molecule has 2 saturated heterocycles. The van der Waals surface area contributed by atoms with E-state index in [-0.39, 0.29) is 24.4 Å². The molecule has 0 radical (unpaired) electrons. The first kappa shape index (κ1) is 27.9. The molecule has 3 aromatic rings. The van der Waals surface area contributed by atoms with Gasteiger partial charge in [0.2, 0.25) is 5.91 Å². The lowest BCUT2D eigenvalue weighted by atomic mass is 9.92. The van der Waals surface area contributed by atoms with Gasteiger partial charge in [-0.05, 0) is 68.8 Å². The van der Waals surface area contributed by atoms with Crippen molar-refractivity contribution < 1.29 is 9.53 Å². The number of likely N-dealkylation sites (tertiary alicyclic amines) is 1. The Bertz CT molecular complexity index is 1570. The van der Waals surface area contributed by atoms with Crippen LogP contribution in [0.25, 0.3) is 22.0 Å². The lowest BCUT2D eigenvalue weighted by Gasteiger charge is -2.42. The van der Waals surface area contributed by atoms with E-state index in [2.05, 4.69) is 40.5 Å². The number of hydrogen-bond acceptors (Lipinski definition) is 9. The summed E-state index contributed by atoms with van der Waals surface area (Å²) in [5.74, 6) is -0.211. The van der Waals surface area contributed by atoms with Gasteiger partial charge in [0.25, 0.3) is 0 Å². The molecular weight excluding hydrogens is 516 g/mol. The lowest BCUT2D eigenvalue weighted by Crippen LogP contribution is -2.55. The van der Waals surface area contributed by atoms with Crippen molar-refractivity contribution >= 4 is 28.2 Å². The smallest absolute Gasteiger partial charge is 0.316 e. The van der Waals surface area contributed by atoms with E-state index in [9.17, 15) is 15.3 Å². The van der Waals surface area contributed by atoms with Gasteiger partial charge in [0.1, 0.15) is 12.7 Å². The molecular formula is C31H34N8O2. The van der Waals surface area contributed by atoms with Crippen LogP contribution in [0.4, 0.5) is 11.4 Å². The SMILES string of the molecule is C=CC(=O)N1CCN(c2c(C#N)c(-c3cc(N)ccc3C)cc3nc(OCC4CCCN4C)ncc23)CC1CC#N. The Kier molecular flexibility index (Phi) is 8.04. The monoisotopic (exact) mass is 550 g/mol. The van der Waals surface area contributed by atoms with Crippen LogP contribution < -0.4 is 15.4 Å². The molecule has 2 N–H and O–H groups in total. The molecule has 1 amide bonds. The van der Waals surface area contributed by atoms with Crippen molar-refractivity contribution in [2.24, 2.45) is 0 Å². The van der Waals surface area contributed by atoms with Crippen molar-refractivity contribution in [1.29, 1.82) is 10.5 Å². The number of anilines is 2. The van der Waals surface area contributed by atoms with Crippen LogP contribution in [0, 0.1) is 29.6 Å². The number of nitrogens with zero attached hydrogens (tertiary/aromatic N) is 7. The van der Waals surface area contributed by atoms with Crippen LogP contribution in [0.3, 0.4) is 0 Å². The molecule has 0 spiro atoms. The number of fused-ring (bicyclic) bond motifs is 1. The molecule has 2 atom stereocenters. The average molecular weight is 551 g/mol. The van der Waals surface area contributed by atoms with Crippen LogP contribution >= 0.6 is 0 Å². The van der Waals surface area contributed by atoms with Gasteiger partial charge in [-0.1, -0.05) is 12.6 Å². The quantitative estimate of drug-likeness (QED) is 0.345. The van der Waals surface area contributed by atoms with Gasteiger partial charge in [-0.3, -0.25) is 4.79 Å². The van der Waals surface area contributed by atoms with E-state index < -0.39 is 0 Å². The summed E-state index contributed by atoms with van der Waals surface area (Å²) in [5.41, 5.74) is 11.1. The molecule has 2 aliphatic heterocycles. The predicted molar refractivity (Wildman–Crippen MR) is 158 cm³/mol. The molecule has 10 heteroatoms. The number of aromatic nitrogens is 2. The van der Waals surface area contributed by atoms with Gasteiger partial charge in [-0.25, -0.2) is 4.98 Å². The zero-order valence-electron chi connectivity index (χ0n) is 23.5. The molecule has 0 aliphatic carbocycles. The molecule has 2 fully saturated rings. The lowest BCUT2D eigenvalue weighted by molar-refractivity contribution is -0.128. The highest BCUT2D eigenvalue weighted by molar-refractivity contribution is 6.01. The molecule has 1 aromatic heterocycles. The van der Waals surface area contributed by atoms with Gasteiger partial charge in [-0.15, -0.1) is 0 Å². The number of nitriles is 2. The van der Waals surface area contributed by atoms with Gasteiger partial charge in [-0.2, -0.15) is 15.5 Å². The Morgan fingerprint density at radius 1 is 1.22 bits per heavy atom. The van der Waals surface area contributed by atoms with E-state index in [1.165, 1.54) is 6.08 Å². The minimum atomic E-state index is -0.356. The number of aryl methyl sites for hydroxylation is 1. The summed E-state index contributed by atoms with van der Waals surface area (Å²) >= 11 is 0. The Morgan fingerprint density at radius 3 is 2.76 bits per heavy atom. The number of amides is 1. The number of rotatable bonds is 7. The zero-order valence-corrected chi connectivity index (χ0v) is 23.5. The van der Waals surface area contributed by atoms with E-state index >= 15 is 0 Å². The average Bonchev–Trinajstić information content (AvgIpc) is 3.40. The Morgan fingerprint density at radius 2 is 2.05 bits per heavy atom. The van der Waals surface area contributed by atoms with Gasteiger partial charge < -0.3 is 25.2 Å². The van der Waals surface area contributed by atoms with Crippen molar-refractivity contribution in [3.05, 3.63) is 54.2 Å². The van der Waals surface area contributed by atoms with E-state index in [1.54, 1.807) is 11.1 Å². The molecule has 2 aliphatic rings. The summed E-state index contributed by atoms with van der Waals surface area (Å²) < 4.78 is 6.05. The van der Waals surface area contributed by atoms with Crippen molar-refractivity contribution in [3.63, 3.8) is 0 Å². The predicted octanol–water partition coefficient (Wildman–Crippen LogP) is 3.65. The third-order valence-corrected chi connectivity index (χ3v) is 8.16. The Hall–Kier alpha value is -4.67. The van der Waals surface area contributed by atoms with Crippen molar-refractivity contribution in [3.8, 4) is 29.3 Å². The minimum absolute atomic E-state index is 0.161. The second-order valence-corrected chi connectivity index (χ2v) is 10.7. The summed E-state index contributed by atoms with van der Waals surface area (Å²) in [7, 11) is 2.10. The van der Waals surface area contributed by atoms with Crippen LogP contribution in [0.2, 0.25) is 0 Å². The number of likely N-dealkylation sites (N-methyl/N-ethyl adjacent to an activating group) is 1. The van der Waals surface area contributed by atoms with Gasteiger partial charge in [0.05, 0.1) is 35.3 Å². The second-order valence-electron chi connectivity index (χ2n) is 10.7. The van der Waals surface area contributed by atoms with Gasteiger partial charge >= 0.3 is 6.01 Å². The fourth-order valence-electron chi connectivity index (χ4n) is 5.90. The van der Waals surface area contributed by atoms with Crippen molar-refractivity contribution in [2.45, 2.75) is 38.3 Å². The van der Waals surface area contributed by atoms with Crippen LogP contribution in [-0.4, -0.2) is 77.6 Å². The highest BCUT2D eigenvalue weighted by Gasteiger charge is 2.32. The van der Waals surface area contributed by atoms with E-state index in [0.29, 0.717) is 65.7 Å². The maximum absolute atomic E-state index is 12.5. The number of carbonyl (C=O) groups excluding carboxylic acids is 1. The number of carbonyl (C=O) groups is 1. The second kappa shape index (κ2) is 11.8. The summed E-state index contributed by atoms with van der Waals surface area (Å²) in [5, 5.41) is 20.8. The summed E-state index contributed by atoms with van der Waals surface area (Å²) in [6, 6.07) is 12.4. The standard InChI is InChI=1S/C31H34N8O2/c1-4-29(40)39-13-12-38(18-22(39)9-10-32)30-26(16-33)25(24-14-21(34)8-7-20(24)2)15-28-27(30)17-35-31(36-28)41-19-23-6-5-11-37(23)3/h4,7-8,14-15,17,22-23H,1,5-6,9,11-13,18-19,34H2,2-3H3. The Balaban J connectivity index is 1.63. The van der Waals surface area contributed by atoms with Crippen LogP contribution in [0.1, 0.15) is 30.4 Å². The number of benzene rings is 2. The van der Waals surface area contributed by atoms with Gasteiger partial charge in [0, 0.05) is 48.5 Å². The molecule has 10 nitrogen and oxygen atoms in total. The number of hydrogen-bond donors (Lipinski definition) is 1. The Labute approximate surface area is 240 Å². The van der Waals surface area contributed by atoms with Gasteiger partial charge in [0.15, 0.2) is 0 Å². The zero-order chi connectivity index (χ0) is 29.1. The first-order chi connectivity index (χ1) is 19.8. The largest absolute Gasteiger partial charge is 0.462 e. The van der Waals surface area contributed by atoms with Crippen molar-refractivity contribution in [2.75, 3.05) is 50.5 Å². The number of nitrogen functional groups attached to an aromatic ring is 1. The topological polar surface area (TPSA) is 135 Å². The van der Waals surface area contributed by atoms with E-state index in [1.807, 2.05) is 31.2 Å². The molecule has 41 heavy (non-hydrogen) atoms. The summed E-state index contributed by atoms with van der Waals surface area (Å²) in [6.07, 6.45) is 5.36. The minimum Gasteiger partial charge on any atom is -0.462 e. The van der Waals surface area contributed by atoms with Crippen LogP contribution in [0.5, 0.6) is 6.01 Å². The molecule has 0 saturated carbocycles. The van der Waals surface area contributed by atoms with Crippen LogP contribution in [0.15, 0.2) is 43.1 Å². The number of ether oxygens (including phenoxy) is 1. The first-order valence-electron chi connectivity index (χ1n) is 13.8. The number of nitrogens with two attached hydrogens (primary N) is 1. The molecule has 2 aromatic carbocycles.